The summed E-state index contributed by atoms with van der Waals surface area (Å²) in [4.78, 5) is 24.2. The van der Waals surface area contributed by atoms with Gasteiger partial charge in [-0.25, -0.2) is 8.42 Å². The molecule has 0 aliphatic carbocycles. The number of hydrogen-bond acceptors (Lipinski definition) is 5. The summed E-state index contributed by atoms with van der Waals surface area (Å²) in [7, 11) is -2.27. The number of aryl methyl sites for hydroxylation is 1. The maximum atomic E-state index is 12.6. The monoisotopic (exact) mass is 453 g/mol. The first kappa shape index (κ1) is 23.7. The van der Waals surface area contributed by atoms with Crippen LogP contribution in [0.1, 0.15) is 29.8 Å². The Balaban J connectivity index is 1.96. The lowest BCUT2D eigenvalue weighted by Crippen LogP contribution is -2.43. The molecule has 162 valence electrons. The van der Waals surface area contributed by atoms with E-state index in [0.717, 1.165) is 5.56 Å². The highest BCUT2D eigenvalue weighted by atomic mass is 35.5. The van der Waals surface area contributed by atoms with Gasteiger partial charge in [-0.15, -0.1) is 0 Å². The number of carbonyl (C=O) groups is 2. The Morgan fingerprint density at radius 2 is 1.83 bits per heavy atom. The molecule has 10 heteroatoms. The van der Waals surface area contributed by atoms with Crippen molar-refractivity contribution in [2.75, 3.05) is 13.7 Å². The number of nitrogens with zero attached hydrogens (tertiary/aromatic N) is 1. The average Bonchev–Trinajstić information content (AvgIpc) is 2.72. The van der Waals surface area contributed by atoms with Crippen molar-refractivity contribution in [3.8, 4) is 5.75 Å². The topological polar surface area (TPSA) is 105 Å². The third-order valence-corrected chi connectivity index (χ3v) is 6.77. The largest absolute Gasteiger partial charge is 0.484 e. The summed E-state index contributed by atoms with van der Waals surface area (Å²) in [6, 6.07) is 10.3. The molecule has 2 N–H and O–H groups in total. The number of hydrazine groups is 1. The number of halogens is 1. The molecule has 0 saturated heterocycles. The molecule has 0 unspecified atom stereocenters. The number of rotatable bonds is 7. The quantitative estimate of drug-likeness (QED) is 0.627. The molecule has 0 aliphatic heterocycles. The molecule has 2 rings (SSSR count). The average molecular weight is 454 g/mol. The number of sulfonamides is 1. The summed E-state index contributed by atoms with van der Waals surface area (Å²) >= 11 is 5.94. The van der Waals surface area contributed by atoms with Gasteiger partial charge >= 0.3 is 0 Å². The van der Waals surface area contributed by atoms with Crippen LogP contribution in [0, 0.1) is 6.92 Å². The highest BCUT2D eigenvalue weighted by molar-refractivity contribution is 7.89. The summed E-state index contributed by atoms with van der Waals surface area (Å²) in [6.07, 6.45) is 0. The van der Waals surface area contributed by atoms with E-state index in [9.17, 15) is 18.0 Å². The van der Waals surface area contributed by atoms with E-state index in [4.69, 9.17) is 16.3 Å². The van der Waals surface area contributed by atoms with Crippen LogP contribution < -0.4 is 15.6 Å². The Kier molecular flexibility index (Phi) is 7.83. The molecule has 0 bridgehead atoms. The van der Waals surface area contributed by atoms with Crippen molar-refractivity contribution in [3.63, 3.8) is 0 Å². The zero-order valence-corrected chi connectivity index (χ0v) is 18.7. The van der Waals surface area contributed by atoms with E-state index in [0.29, 0.717) is 10.8 Å². The fourth-order valence-electron chi connectivity index (χ4n) is 2.33. The van der Waals surface area contributed by atoms with Crippen LogP contribution in [0.3, 0.4) is 0 Å². The molecular weight excluding hydrogens is 430 g/mol. The van der Waals surface area contributed by atoms with Crippen LogP contribution in [0.2, 0.25) is 5.02 Å². The highest BCUT2D eigenvalue weighted by Gasteiger charge is 2.24. The van der Waals surface area contributed by atoms with Gasteiger partial charge in [-0.1, -0.05) is 17.7 Å². The Labute approximate surface area is 181 Å². The van der Waals surface area contributed by atoms with Gasteiger partial charge in [0.2, 0.25) is 10.0 Å². The fraction of sp³-hybridized carbons (Fsp3) is 0.300. The van der Waals surface area contributed by atoms with Crippen LogP contribution in [-0.4, -0.2) is 44.2 Å². The molecule has 0 spiro atoms. The molecule has 2 amide bonds. The lowest BCUT2D eigenvalue weighted by molar-refractivity contribution is -0.123. The number of benzene rings is 2. The lowest BCUT2D eigenvalue weighted by Gasteiger charge is -2.21. The van der Waals surface area contributed by atoms with Crippen molar-refractivity contribution < 1.29 is 22.7 Å². The number of nitrogens with one attached hydrogen (secondary N) is 2. The van der Waals surface area contributed by atoms with Crippen molar-refractivity contribution in [1.29, 1.82) is 0 Å². The maximum Gasteiger partial charge on any atom is 0.276 e. The normalized spacial score (nSPS) is 11.4. The maximum absolute atomic E-state index is 12.6. The van der Waals surface area contributed by atoms with Gasteiger partial charge in [0.25, 0.3) is 11.8 Å². The van der Waals surface area contributed by atoms with Crippen LogP contribution in [-0.2, 0) is 14.8 Å². The second-order valence-corrected chi connectivity index (χ2v) is 9.25. The third kappa shape index (κ3) is 5.94. The first-order valence-corrected chi connectivity index (χ1v) is 10.9. The molecule has 0 fully saturated rings. The van der Waals surface area contributed by atoms with E-state index in [2.05, 4.69) is 10.9 Å². The van der Waals surface area contributed by atoms with E-state index in [1.54, 1.807) is 32.0 Å². The van der Waals surface area contributed by atoms with E-state index < -0.39 is 21.8 Å². The first-order chi connectivity index (χ1) is 14.0. The van der Waals surface area contributed by atoms with E-state index in [-0.39, 0.29) is 23.1 Å². The second-order valence-electron chi connectivity index (χ2n) is 6.84. The molecule has 0 aromatic heterocycles. The highest BCUT2D eigenvalue weighted by Crippen LogP contribution is 2.21. The van der Waals surface area contributed by atoms with Gasteiger partial charge in [-0.3, -0.25) is 20.4 Å². The van der Waals surface area contributed by atoms with E-state index in [1.807, 2.05) is 6.92 Å². The molecule has 0 aliphatic rings. The van der Waals surface area contributed by atoms with Gasteiger partial charge in [-0.2, -0.15) is 4.31 Å². The number of carbonyl (C=O) groups excluding carboxylic acids is 2. The van der Waals surface area contributed by atoms with E-state index in [1.165, 1.54) is 35.6 Å². The number of amides is 2. The second kappa shape index (κ2) is 9.92. The molecule has 2 aromatic rings. The Morgan fingerprint density at radius 1 is 1.13 bits per heavy atom. The summed E-state index contributed by atoms with van der Waals surface area (Å²) in [5.74, 6) is -0.778. The molecule has 8 nitrogen and oxygen atoms in total. The van der Waals surface area contributed by atoms with Gasteiger partial charge in [0.15, 0.2) is 6.61 Å². The summed E-state index contributed by atoms with van der Waals surface area (Å²) in [5, 5.41) is 0.586. The molecule has 30 heavy (non-hydrogen) atoms. The summed E-state index contributed by atoms with van der Waals surface area (Å²) < 4.78 is 31.7. The predicted octanol–water partition coefficient (Wildman–Crippen LogP) is 2.52. The van der Waals surface area contributed by atoms with Crippen molar-refractivity contribution in [2.24, 2.45) is 0 Å². The Bertz CT molecular complexity index is 1040. The standard InChI is InChI=1S/C20H24ClN3O5S/c1-13(2)24(4)30(27,28)17-7-5-6-15(11-17)20(26)23-22-19(25)12-29-16-8-9-18(21)14(3)10-16/h5-11,13H,12H2,1-4H3,(H,22,25)(H,23,26). The molecular formula is C20H24ClN3O5S. The van der Waals surface area contributed by atoms with Crippen LogP contribution >= 0.6 is 11.6 Å². The van der Waals surface area contributed by atoms with Crippen LogP contribution in [0.4, 0.5) is 0 Å². The van der Waals surface area contributed by atoms with Crippen LogP contribution in [0.15, 0.2) is 47.4 Å². The predicted molar refractivity (Wildman–Crippen MR) is 114 cm³/mol. The minimum Gasteiger partial charge on any atom is -0.484 e. The minimum absolute atomic E-state index is 0.0147. The van der Waals surface area contributed by atoms with E-state index >= 15 is 0 Å². The van der Waals surface area contributed by atoms with Crippen LogP contribution in [0.25, 0.3) is 0 Å². The van der Waals surface area contributed by atoms with Gasteiger partial charge in [0, 0.05) is 23.7 Å². The smallest absolute Gasteiger partial charge is 0.276 e. The molecule has 2 aromatic carbocycles. The molecule has 0 saturated carbocycles. The van der Waals surface area contributed by atoms with Crippen LogP contribution in [0.5, 0.6) is 5.75 Å². The number of ether oxygens (including phenoxy) is 1. The van der Waals surface area contributed by atoms with Crippen molar-refractivity contribution >= 4 is 33.4 Å². The fourth-order valence-corrected chi connectivity index (χ4v) is 3.86. The van der Waals surface area contributed by atoms with Gasteiger partial charge < -0.3 is 4.74 Å². The Hall–Kier alpha value is -2.62. The first-order valence-electron chi connectivity index (χ1n) is 9.08. The summed E-state index contributed by atoms with van der Waals surface area (Å²) in [5.41, 5.74) is 5.36. The molecule has 0 atom stereocenters. The van der Waals surface area contributed by atoms with Crippen molar-refractivity contribution in [2.45, 2.75) is 31.7 Å². The van der Waals surface area contributed by atoms with Crippen molar-refractivity contribution in [1.82, 2.24) is 15.2 Å². The molecule has 0 heterocycles. The SMILES string of the molecule is Cc1cc(OCC(=O)NNC(=O)c2cccc(S(=O)(=O)N(C)C(C)C)c2)ccc1Cl. The zero-order chi connectivity index (χ0) is 22.5. The lowest BCUT2D eigenvalue weighted by atomic mass is 10.2. The minimum atomic E-state index is -3.73. The van der Waals surface area contributed by atoms with Crippen molar-refractivity contribution in [3.05, 3.63) is 58.6 Å². The number of hydrogen-bond donors (Lipinski definition) is 2. The Morgan fingerprint density at radius 3 is 2.47 bits per heavy atom. The van der Waals surface area contributed by atoms with Gasteiger partial charge in [-0.05, 0) is 62.7 Å². The zero-order valence-electron chi connectivity index (χ0n) is 17.1. The third-order valence-electron chi connectivity index (χ3n) is 4.32. The van der Waals surface area contributed by atoms with Gasteiger partial charge in [0.05, 0.1) is 4.90 Å². The summed E-state index contributed by atoms with van der Waals surface area (Å²) in [6.45, 7) is 4.98. The van der Waals surface area contributed by atoms with Gasteiger partial charge in [0.1, 0.15) is 5.75 Å². The molecule has 0 radical (unpaired) electrons.